The van der Waals surface area contributed by atoms with Crippen LogP contribution in [0, 0.1) is 0 Å². The Hall–Kier alpha value is -1.26. The first-order chi connectivity index (χ1) is 5.99. The molecule has 76 valence electrons. The minimum Gasteiger partial charge on any atom is -0.345 e. The van der Waals surface area contributed by atoms with E-state index in [2.05, 4.69) is 5.32 Å². The van der Waals surface area contributed by atoms with E-state index in [9.17, 15) is 9.59 Å². The van der Waals surface area contributed by atoms with Crippen LogP contribution in [0.4, 0.5) is 4.79 Å². The molecule has 3 amide bonds. The third-order valence-corrected chi connectivity index (χ3v) is 1.70. The van der Waals surface area contributed by atoms with Gasteiger partial charge in [0.15, 0.2) is 0 Å². The zero-order chi connectivity index (χ0) is 10.4. The standard InChI is InChI=1S/C8H17N3O2/c1-5-11(4)7(12)6-9-8(13)10(2)3/h5-6H2,1-4H3,(H,9,13). The van der Waals surface area contributed by atoms with Gasteiger partial charge in [0.1, 0.15) is 0 Å². The van der Waals surface area contributed by atoms with Crippen molar-refractivity contribution in [3.63, 3.8) is 0 Å². The minimum atomic E-state index is -0.252. The first-order valence-corrected chi connectivity index (χ1v) is 4.18. The van der Waals surface area contributed by atoms with Gasteiger partial charge < -0.3 is 15.1 Å². The molecule has 0 aliphatic rings. The largest absolute Gasteiger partial charge is 0.345 e. The summed E-state index contributed by atoms with van der Waals surface area (Å²) in [6, 6.07) is -0.252. The number of urea groups is 1. The van der Waals surface area contributed by atoms with E-state index in [-0.39, 0.29) is 18.5 Å². The molecule has 1 N–H and O–H groups in total. The Labute approximate surface area is 78.7 Å². The molecule has 0 bridgehead atoms. The number of nitrogens with one attached hydrogen (secondary N) is 1. The van der Waals surface area contributed by atoms with Crippen molar-refractivity contribution in [2.45, 2.75) is 6.92 Å². The number of hydrogen-bond acceptors (Lipinski definition) is 2. The lowest BCUT2D eigenvalue weighted by Crippen LogP contribution is -2.42. The Morgan fingerprint density at radius 2 is 1.77 bits per heavy atom. The highest BCUT2D eigenvalue weighted by atomic mass is 16.2. The number of carbonyl (C=O) groups excluding carboxylic acids is 2. The number of likely N-dealkylation sites (N-methyl/N-ethyl adjacent to an activating group) is 1. The Bertz CT molecular complexity index is 192. The van der Waals surface area contributed by atoms with Crippen LogP contribution in [0.25, 0.3) is 0 Å². The summed E-state index contributed by atoms with van der Waals surface area (Å²) >= 11 is 0. The second-order valence-electron chi connectivity index (χ2n) is 2.96. The van der Waals surface area contributed by atoms with Crippen LogP contribution in [0.3, 0.4) is 0 Å². The van der Waals surface area contributed by atoms with Gasteiger partial charge in [-0.1, -0.05) is 0 Å². The number of carbonyl (C=O) groups is 2. The van der Waals surface area contributed by atoms with E-state index in [4.69, 9.17) is 0 Å². The molecule has 0 unspecified atom stereocenters. The Morgan fingerprint density at radius 1 is 1.23 bits per heavy atom. The molecule has 0 saturated heterocycles. The van der Waals surface area contributed by atoms with Gasteiger partial charge >= 0.3 is 6.03 Å². The molecule has 0 atom stereocenters. The van der Waals surface area contributed by atoms with Gasteiger partial charge in [-0.3, -0.25) is 4.79 Å². The smallest absolute Gasteiger partial charge is 0.317 e. The van der Waals surface area contributed by atoms with Gasteiger partial charge in [0, 0.05) is 27.7 Å². The van der Waals surface area contributed by atoms with E-state index in [1.807, 2.05) is 6.92 Å². The lowest BCUT2D eigenvalue weighted by Gasteiger charge is -2.16. The van der Waals surface area contributed by atoms with Crippen molar-refractivity contribution in [3.05, 3.63) is 0 Å². The third kappa shape index (κ3) is 4.35. The highest BCUT2D eigenvalue weighted by Crippen LogP contribution is 1.83. The summed E-state index contributed by atoms with van der Waals surface area (Å²) in [5.74, 6) is -0.0855. The van der Waals surface area contributed by atoms with Crippen molar-refractivity contribution < 1.29 is 9.59 Å². The summed E-state index contributed by atoms with van der Waals surface area (Å²) in [6.07, 6.45) is 0. The second-order valence-corrected chi connectivity index (χ2v) is 2.96. The van der Waals surface area contributed by atoms with E-state index >= 15 is 0 Å². The fraction of sp³-hybridized carbons (Fsp3) is 0.750. The van der Waals surface area contributed by atoms with Gasteiger partial charge in [-0.25, -0.2) is 4.79 Å². The molecule has 5 heteroatoms. The molecular weight excluding hydrogens is 170 g/mol. The summed E-state index contributed by atoms with van der Waals surface area (Å²) in [7, 11) is 4.96. The zero-order valence-corrected chi connectivity index (χ0v) is 8.63. The van der Waals surface area contributed by atoms with E-state index in [0.717, 1.165) is 0 Å². The van der Waals surface area contributed by atoms with Crippen LogP contribution in [0.15, 0.2) is 0 Å². The number of amides is 3. The molecule has 13 heavy (non-hydrogen) atoms. The van der Waals surface area contributed by atoms with E-state index in [1.54, 1.807) is 26.0 Å². The SMILES string of the molecule is CCN(C)C(=O)CNC(=O)N(C)C. The van der Waals surface area contributed by atoms with Gasteiger partial charge in [0.25, 0.3) is 0 Å². The number of nitrogens with zero attached hydrogens (tertiary/aromatic N) is 2. The first-order valence-electron chi connectivity index (χ1n) is 4.18. The van der Waals surface area contributed by atoms with E-state index in [0.29, 0.717) is 6.54 Å². The number of hydrogen-bond donors (Lipinski definition) is 1. The lowest BCUT2D eigenvalue weighted by molar-refractivity contribution is -0.128. The molecule has 0 saturated carbocycles. The van der Waals surface area contributed by atoms with Crippen molar-refractivity contribution >= 4 is 11.9 Å². The topological polar surface area (TPSA) is 52.7 Å². The maximum Gasteiger partial charge on any atom is 0.317 e. The average Bonchev–Trinajstić information content (AvgIpc) is 2.11. The minimum absolute atomic E-state index is 0.0569. The molecule has 0 aromatic rings. The van der Waals surface area contributed by atoms with Crippen LogP contribution in [-0.2, 0) is 4.79 Å². The van der Waals surface area contributed by atoms with E-state index < -0.39 is 0 Å². The molecule has 0 aliphatic carbocycles. The zero-order valence-electron chi connectivity index (χ0n) is 8.63. The molecule has 0 aromatic carbocycles. The fourth-order valence-electron chi connectivity index (χ4n) is 0.621. The van der Waals surface area contributed by atoms with Crippen molar-refractivity contribution in [1.29, 1.82) is 0 Å². The summed E-state index contributed by atoms with van der Waals surface area (Å²) in [6.45, 7) is 2.59. The molecule has 5 nitrogen and oxygen atoms in total. The third-order valence-electron chi connectivity index (χ3n) is 1.70. The summed E-state index contributed by atoms with van der Waals surface area (Å²) in [5.41, 5.74) is 0. The van der Waals surface area contributed by atoms with Crippen LogP contribution in [-0.4, -0.2) is 56.0 Å². The molecule has 0 spiro atoms. The van der Waals surface area contributed by atoms with Gasteiger partial charge in [0.05, 0.1) is 6.54 Å². The summed E-state index contributed by atoms with van der Waals surface area (Å²) in [4.78, 5) is 25.1. The predicted octanol–water partition coefficient (Wildman–Crippen LogP) is -0.264. The van der Waals surface area contributed by atoms with Crippen molar-refractivity contribution in [1.82, 2.24) is 15.1 Å². The number of rotatable bonds is 3. The van der Waals surface area contributed by atoms with Gasteiger partial charge in [-0.05, 0) is 6.92 Å². The van der Waals surface area contributed by atoms with Crippen LogP contribution >= 0.6 is 0 Å². The molecule has 0 fully saturated rings. The van der Waals surface area contributed by atoms with E-state index in [1.165, 1.54) is 4.90 Å². The molecule has 0 aliphatic heterocycles. The second kappa shape index (κ2) is 5.40. The normalized spacial score (nSPS) is 9.23. The summed E-state index contributed by atoms with van der Waals surface area (Å²) in [5, 5.41) is 2.49. The predicted molar refractivity (Wildman–Crippen MR) is 50.4 cm³/mol. The van der Waals surface area contributed by atoms with Gasteiger partial charge in [-0.15, -0.1) is 0 Å². The Morgan fingerprint density at radius 3 is 2.15 bits per heavy atom. The first kappa shape index (κ1) is 11.7. The maximum absolute atomic E-state index is 11.2. The average molecular weight is 187 g/mol. The van der Waals surface area contributed by atoms with Gasteiger partial charge in [0.2, 0.25) is 5.91 Å². The Kier molecular flexibility index (Phi) is 4.87. The quantitative estimate of drug-likeness (QED) is 0.661. The molecule has 0 aromatic heterocycles. The lowest BCUT2D eigenvalue weighted by atomic mass is 10.5. The highest BCUT2D eigenvalue weighted by molar-refractivity contribution is 5.83. The molecular formula is C8H17N3O2. The molecule has 0 radical (unpaired) electrons. The van der Waals surface area contributed by atoms with Gasteiger partial charge in [-0.2, -0.15) is 0 Å². The van der Waals surface area contributed by atoms with Crippen molar-refractivity contribution in [3.8, 4) is 0 Å². The van der Waals surface area contributed by atoms with Crippen LogP contribution in [0.2, 0.25) is 0 Å². The highest BCUT2D eigenvalue weighted by Gasteiger charge is 2.08. The van der Waals surface area contributed by atoms with Crippen LogP contribution < -0.4 is 5.32 Å². The monoisotopic (exact) mass is 187 g/mol. The Balaban J connectivity index is 3.77. The maximum atomic E-state index is 11.2. The van der Waals surface area contributed by atoms with Crippen LogP contribution in [0.5, 0.6) is 0 Å². The summed E-state index contributed by atoms with van der Waals surface area (Å²) < 4.78 is 0. The fourth-order valence-corrected chi connectivity index (χ4v) is 0.621. The molecule has 0 rings (SSSR count). The van der Waals surface area contributed by atoms with Crippen LogP contribution in [0.1, 0.15) is 6.92 Å². The van der Waals surface area contributed by atoms with Crippen molar-refractivity contribution in [2.75, 3.05) is 34.2 Å². The van der Waals surface area contributed by atoms with Crippen molar-refractivity contribution in [2.24, 2.45) is 0 Å². The molecule has 0 heterocycles.